The van der Waals surface area contributed by atoms with Crippen molar-refractivity contribution < 1.29 is 0 Å². The standard InChI is InChI=1S/C34H54N2/c1-9-15-29(23-30(11-3)32(12-4)31-18-16-27(6)17-19-31)24-36-25-34(13-5,26-36)22-14-21-33(8,20-10-2)28(7)35/h9,15-19,23H,7,10-14,20-22,24-26,35H2,1-6,8H3/b15-9+,29-23+,32-30+. The highest BCUT2D eigenvalue weighted by atomic mass is 15.2. The van der Waals surface area contributed by atoms with Crippen LogP contribution in [0.1, 0.15) is 104 Å². The molecule has 36 heavy (non-hydrogen) atoms. The number of hydrogen-bond acceptors (Lipinski definition) is 2. The average Bonchev–Trinajstić information content (AvgIpc) is 2.83. The van der Waals surface area contributed by atoms with Crippen molar-refractivity contribution in [3.8, 4) is 0 Å². The second kappa shape index (κ2) is 14.0. The van der Waals surface area contributed by atoms with Gasteiger partial charge in [0.2, 0.25) is 0 Å². The number of rotatable bonds is 15. The maximum atomic E-state index is 6.20. The lowest BCUT2D eigenvalue weighted by Gasteiger charge is -2.51. The first-order valence-corrected chi connectivity index (χ1v) is 14.4. The molecule has 0 aromatic heterocycles. The number of likely N-dealkylation sites (tertiary alicyclic amines) is 1. The molecule has 0 amide bonds. The SMILES string of the molecule is C=C(N)C(C)(CCC)CCCC1(CC)CN(CC(/C=C/C)=C/C(CC)=C(\CC)c2ccc(C)cc2)C1. The van der Waals surface area contributed by atoms with Gasteiger partial charge in [-0.1, -0.05) is 102 Å². The van der Waals surface area contributed by atoms with E-state index in [4.69, 9.17) is 5.73 Å². The zero-order valence-electron chi connectivity index (χ0n) is 24.6. The molecule has 0 aliphatic carbocycles. The van der Waals surface area contributed by atoms with Gasteiger partial charge in [-0.25, -0.2) is 0 Å². The molecule has 200 valence electrons. The molecule has 0 bridgehead atoms. The number of nitrogens with two attached hydrogens (primary N) is 1. The minimum atomic E-state index is 0.0896. The second-order valence-corrected chi connectivity index (χ2v) is 11.5. The summed E-state index contributed by atoms with van der Waals surface area (Å²) in [5, 5.41) is 0. The van der Waals surface area contributed by atoms with Crippen molar-refractivity contribution in [1.82, 2.24) is 4.90 Å². The third-order valence-electron chi connectivity index (χ3n) is 8.55. The summed E-state index contributed by atoms with van der Waals surface area (Å²) in [5.41, 5.74) is 14.7. The minimum Gasteiger partial charge on any atom is -0.402 e. The van der Waals surface area contributed by atoms with Gasteiger partial charge >= 0.3 is 0 Å². The average molecular weight is 491 g/mol. The normalized spacial score (nSPS) is 18.6. The molecule has 2 nitrogen and oxygen atoms in total. The minimum absolute atomic E-state index is 0.0896. The quantitative estimate of drug-likeness (QED) is 0.248. The van der Waals surface area contributed by atoms with E-state index in [9.17, 15) is 0 Å². The summed E-state index contributed by atoms with van der Waals surface area (Å²) in [6.07, 6.45) is 16.3. The van der Waals surface area contributed by atoms with Crippen LogP contribution in [0.4, 0.5) is 0 Å². The van der Waals surface area contributed by atoms with Crippen LogP contribution < -0.4 is 5.73 Å². The van der Waals surface area contributed by atoms with Gasteiger partial charge in [0.15, 0.2) is 0 Å². The van der Waals surface area contributed by atoms with E-state index in [1.165, 1.54) is 60.2 Å². The molecule has 1 atom stereocenters. The predicted octanol–water partition coefficient (Wildman–Crippen LogP) is 9.23. The van der Waals surface area contributed by atoms with Crippen molar-refractivity contribution in [2.45, 2.75) is 99.8 Å². The van der Waals surface area contributed by atoms with E-state index < -0.39 is 0 Å². The van der Waals surface area contributed by atoms with E-state index in [0.717, 1.165) is 44.3 Å². The van der Waals surface area contributed by atoms with Crippen molar-refractivity contribution in [3.63, 3.8) is 0 Å². The Bertz CT molecular complexity index is 924. The molecule has 0 saturated carbocycles. The molecule has 2 N–H and O–H groups in total. The van der Waals surface area contributed by atoms with E-state index in [-0.39, 0.29) is 5.41 Å². The fourth-order valence-electron chi connectivity index (χ4n) is 6.04. The van der Waals surface area contributed by atoms with Crippen LogP contribution in [0.25, 0.3) is 5.57 Å². The molecule has 1 unspecified atom stereocenters. The summed E-state index contributed by atoms with van der Waals surface area (Å²) < 4.78 is 0. The summed E-state index contributed by atoms with van der Waals surface area (Å²) in [5.74, 6) is 0. The Morgan fingerprint density at radius 3 is 2.25 bits per heavy atom. The predicted molar refractivity (Wildman–Crippen MR) is 161 cm³/mol. The molecule has 0 spiro atoms. The second-order valence-electron chi connectivity index (χ2n) is 11.5. The molecule has 1 saturated heterocycles. The Morgan fingerprint density at radius 1 is 1.08 bits per heavy atom. The van der Waals surface area contributed by atoms with Crippen molar-refractivity contribution in [1.29, 1.82) is 0 Å². The highest BCUT2D eigenvalue weighted by molar-refractivity contribution is 5.71. The summed E-state index contributed by atoms with van der Waals surface area (Å²) in [6, 6.07) is 9.02. The van der Waals surface area contributed by atoms with Crippen LogP contribution in [-0.4, -0.2) is 24.5 Å². The molecule has 1 heterocycles. The van der Waals surface area contributed by atoms with Gasteiger partial charge in [0, 0.05) is 30.7 Å². The Hall–Kier alpha value is -2.06. The largest absolute Gasteiger partial charge is 0.402 e. The third kappa shape index (κ3) is 7.97. The van der Waals surface area contributed by atoms with Gasteiger partial charge in [-0.3, -0.25) is 4.90 Å². The summed E-state index contributed by atoms with van der Waals surface area (Å²) in [6.45, 7) is 23.3. The Balaban J connectivity index is 2.10. The molecule has 1 aromatic carbocycles. The van der Waals surface area contributed by atoms with Gasteiger partial charge in [0.25, 0.3) is 0 Å². The van der Waals surface area contributed by atoms with Crippen molar-refractivity contribution >= 4 is 5.57 Å². The lowest BCUT2D eigenvalue weighted by Crippen LogP contribution is -2.56. The van der Waals surface area contributed by atoms with E-state index in [2.05, 4.69) is 102 Å². The molecule has 1 fully saturated rings. The fourth-order valence-corrected chi connectivity index (χ4v) is 6.04. The van der Waals surface area contributed by atoms with E-state index >= 15 is 0 Å². The lowest BCUT2D eigenvalue weighted by atomic mass is 9.70. The zero-order valence-corrected chi connectivity index (χ0v) is 24.6. The van der Waals surface area contributed by atoms with E-state index in [1.54, 1.807) is 0 Å². The van der Waals surface area contributed by atoms with Crippen LogP contribution in [0.2, 0.25) is 0 Å². The maximum Gasteiger partial charge on any atom is 0.0234 e. The summed E-state index contributed by atoms with van der Waals surface area (Å²) in [4.78, 5) is 2.65. The lowest BCUT2D eigenvalue weighted by molar-refractivity contribution is -0.00562. The Labute approximate surface area is 223 Å². The van der Waals surface area contributed by atoms with Crippen molar-refractivity contribution in [2.24, 2.45) is 16.6 Å². The van der Waals surface area contributed by atoms with Crippen LogP contribution in [-0.2, 0) is 0 Å². The summed E-state index contributed by atoms with van der Waals surface area (Å²) >= 11 is 0. The van der Waals surface area contributed by atoms with Crippen LogP contribution in [0.3, 0.4) is 0 Å². The maximum absolute atomic E-state index is 6.20. The number of nitrogens with zero attached hydrogens (tertiary/aromatic N) is 1. The van der Waals surface area contributed by atoms with Gasteiger partial charge in [-0.15, -0.1) is 0 Å². The van der Waals surface area contributed by atoms with E-state index in [0.29, 0.717) is 5.41 Å². The molecule has 2 rings (SSSR count). The van der Waals surface area contributed by atoms with Gasteiger partial charge in [-0.2, -0.15) is 0 Å². The van der Waals surface area contributed by atoms with Gasteiger partial charge in [0.1, 0.15) is 0 Å². The number of hydrogen-bond donors (Lipinski definition) is 1. The van der Waals surface area contributed by atoms with E-state index in [1.807, 2.05) is 0 Å². The summed E-state index contributed by atoms with van der Waals surface area (Å²) in [7, 11) is 0. The van der Waals surface area contributed by atoms with Crippen molar-refractivity contribution in [2.75, 3.05) is 19.6 Å². The number of allylic oxidation sites excluding steroid dienone is 5. The molecular weight excluding hydrogens is 436 g/mol. The Morgan fingerprint density at radius 2 is 1.75 bits per heavy atom. The number of aryl methyl sites for hydroxylation is 1. The molecule has 1 aliphatic rings. The molecule has 1 aromatic rings. The van der Waals surface area contributed by atoms with Gasteiger partial charge < -0.3 is 5.73 Å². The third-order valence-corrected chi connectivity index (χ3v) is 8.55. The van der Waals surface area contributed by atoms with Crippen LogP contribution >= 0.6 is 0 Å². The van der Waals surface area contributed by atoms with Crippen LogP contribution in [0.15, 0.2) is 65.9 Å². The topological polar surface area (TPSA) is 29.3 Å². The monoisotopic (exact) mass is 490 g/mol. The van der Waals surface area contributed by atoms with Gasteiger partial charge in [0.05, 0.1) is 0 Å². The van der Waals surface area contributed by atoms with Crippen LogP contribution in [0.5, 0.6) is 0 Å². The molecule has 0 radical (unpaired) electrons. The first kappa shape index (κ1) is 30.2. The number of benzene rings is 1. The zero-order chi connectivity index (χ0) is 26.8. The Kier molecular flexibility index (Phi) is 11.8. The highest BCUT2D eigenvalue weighted by Crippen LogP contribution is 2.42. The fraction of sp³-hybridized carbons (Fsp3) is 0.588. The van der Waals surface area contributed by atoms with Crippen LogP contribution in [0, 0.1) is 17.8 Å². The molecule has 1 aliphatic heterocycles. The molecule has 2 heteroatoms. The first-order valence-electron chi connectivity index (χ1n) is 14.4. The first-order chi connectivity index (χ1) is 17.2. The smallest absolute Gasteiger partial charge is 0.0234 e. The van der Waals surface area contributed by atoms with Crippen molar-refractivity contribution in [3.05, 3.63) is 77.0 Å². The van der Waals surface area contributed by atoms with Gasteiger partial charge in [-0.05, 0) is 80.1 Å². The molecular formula is C34H54N2. The highest BCUT2D eigenvalue weighted by Gasteiger charge is 2.41.